The minimum absolute atomic E-state index is 0.00944. The molecule has 1 saturated carbocycles. The van der Waals surface area contributed by atoms with Crippen LogP contribution < -0.4 is 4.74 Å². The number of ketones is 1. The minimum atomic E-state index is 0.00944. The molecule has 0 aromatic heterocycles. The highest BCUT2D eigenvalue weighted by Gasteiger charge is 2.24. The number of nitrogens with zero attached hydrogens (tertiary/aromatic N) is 1. The number of amides is 1. The summed E-state index contributed by atoms with van der Waals surface area (Å²) in [5.41, 5.74) is 0.645. The normalized spacial score (nSPS) is 21.2. The second-order valence-electron chi connectivity index (χ2n) is 6.29. The first-order valence-corrected chi connectivity index (χ1v) is 7.97. The molecule has 0 aliphatic heterocycles. The summed E-state index contributed by atoms with van der Waals surface area (Å²) in [4.78, 5) is 25.3. The predicted octanol–water partition coefficient (Wildman–Crippen LogP) is 3.31. The van der Waals surface area contributed by atoms with Crippen molar-refractivity contribution in [3.8, 4) is 5.75 Å². The molecular formula is C18H25NO3. The molecule has 4 nitrogen and oxygen atoms in total. The molecule has 1 aliphatic carbocycles. The third-order valence-corrected chi connectivity index (χ3v) is 4.55. The van der Waals surface area contributed by atoms with Crippen molar-refractivity contribution in [2.75, 3.05) is 13.7 Å². The van der Waals surface area contributed by atoms with E-state index in [9.17, 15) is 9.59 Å². The monoisotopic (exact) mass is 303 g/mol. The summed E-state index contributed by atoms with van der Waals surface area (Å²) in [5, 5.41) is 0. The van der Waals surface area contributed by atoms with Crippen LogP contribution in [-0.4, -0.2) is 36.3 Å². The summed E-state index contributed by atoms with van der Waals surface area (Å²) >= 11 is 0. The van der Waals surface area contributed by atoms with Gasteiger partial charge in [-0.3, -0.25) is 9.59 Å². The van der Waals surface area contributed by atoms with E-state index in [-0.39, 0.29) is 18.3 Å². The number of ether oxygens (including phenoxy) is 1. The van der Waals surface area contributed by atoms with Crippen molar-refractivity contribution in [3.05, 3.63) is 29.8 Å². The standard InChI is InChI=1S/C18H25NO3/c1-13-4-8-16(9-5-13)19(3)18(21)12-22-17-10-6-15(7-11-17)14(2)20/h6-7,10-11,13,16H,4-5,8-9,12H2,1-3H3. The molecule has 1 amide bonds. The fourth-order valence-electron chi connectivity index (χ4n) is 2.87. The van der Waals surface area contributed by atoms with Gasteiger partial charge in [-0.15, -0.1) is 0 Å². The first-order valence-electron chi connectivity index (χ1n) is 7.97. The number of likely N-dealkylation sites (N-methyl/N-ethyl adjacent to an activating group) is 1. The largest absolute Gasteiger partial charge is 0.484 e. The smallest absolute Gasteiger partial charge is 0.260 e. The third-order valence-electron chi connectivity index (χ3n) is 4.55. The van der Waals surface area contributed by atoms with E-state index in [1.807, 2.05) is 11.9 Å². The molecule has 1 aromatic rings. The maximum atomic E-state index is 12.2. The van der Waals surface area contributed by atoms with Crippen LogP contribution >= 0.6 is 0 Å². The molecule has 0 atom stereocenters. The van der Waals surface area contributed by atoms with Gasteiger partial charge in [-0.1, -0.05) is 6.92 Å². The SMILES string of the molecule is CC(=O)c1ccc(OCC(=O)N(C)C2CCC(C)CC2)cc1. The lowest BCUT2D eigenvalue weighted by Gasteiger charge is -2.33. The molecule has 0 bridgehead atoms. The van der Waals surface area contributed by atoms with E-state index in [1.54, 1.807) is 24.3 Å². The summed E-state index contributed by atoms with van der Waals surface area (Å²) < 4.78 is 5.53. The Morgan fingerprint density at radius 1 is 1.14 bits per heavy atom. The Bertz CT molecular complexity index is 516. The fourth-order valence-corrected chi connectivity index (χ4v) is 2.87. The predicted molar refractivity (Wildman–Crippen MR) is 86.1 cm³/mol. The van der Waals surface area contributed by atoms with Crippen LogP contribution in [0.25, 0.3) is 0 Å². The van der Waals surface area contributed by atoms with Crippen LogP contribution in [-0.2, 0) is 4.79 Å². The van der Waals surface area contributed by atoms with Crippen molar-refractivity contribution in [2.45, 2.75) is 45.6 Å². The van der Waals surface area contributed by atoms with Gasteiger partial charge >= 0.3 is 0 Å². The molecule has 1 fully saturated rings. The van der Waals surface area contributed by atoms with Gasteiger partial charge in [-0.05, 0) is 62.8 Å². The van der Waals surface area contributed by atoms with Crippen molar-refractivity contribution in [1.29, 1.82) is 0 Å². The Hall–Kier alpha value is -1.84. The average Bonchev–Trinajstić information content (AvgIpc) is 2.53. The van der Waals surface area contributed by atoms with Crippen molar-refractivity contribution in [2.24, 2.45) is 5.92 Å². The van der Waals surface area contributed by atoms with Crippen LogP contribution in [0.15, 0.2) is 24.3 Å². The molecule has 0 radical (unpaired) electrons. The summed E-state index contributed by atoms with van der Waals surface area (Å²) in [6.07, 6.45) is 4.54. The average molecular weight is 303 g/mol. The number of Topliss-reactive ketones (excluding diaryl/α,β-unsaturated/α-hetero) is 1. The van der Waals surface area contributed by atoms with E-state index in [0.29, 0.717) is 17.4 Å². The zero-order chi connectivity index (χ0) is 16.1. The first-order chi connectivity index (χ1) is 10.5. The van der Waals surface area contributed by atoms with Gasteiger partial charge in [0.2, 0.25) is 0 Å². The van der Waals surface area contributed by atoms with Gasteiger partial charge in [-0.25, -0.2) is 0 Å². The first kappa shape index (κ1) is 16.5. The van der Waals surface area contributed by atoms with E-state index < -0.39 is 0 Å². The molecule has 0 spiro atoms. The molecule has 0 N–H and O–H groups in total. The fraction of sp³-hybridized carbons (Fsp3) is 0.556. The van der Waals surface area contributed by atoms with Crippen molar-refractivity contribution in [3.63, 3.8) is 0 Å². The Labute approximate surface area is 132 Å². The minimum Gasteiger partial charge on any atom is -0.484 e. The second-order valence-corrected chi connectivity index (χ2v) is 6.29. The zero-order valence-corrected chi connectivity index (χ0v) is 13.7. The highest BCUT2D eigenvalue weighted by atomic mass is 16.5. The highest BCUT2D eigenvalue weighted by Crippen LogP contribution is 2.26. The zero-order valence-electron chi connectivity index (χ0n) is 13.7. The number of hydrogen-bond acceptors (Lipinski definition) is 3. The quantitative estimate of drug-likeness (QED) is 0.784. The molecule has 1 aromatic carbocycles. The number of benzene rings is 1. The number of carbonyl (C=O) groups excluding carboxylic acids is 2. The van der Waals surface area contributed by atoms with Crippen LogP contribution in [0.1, 0.15) is 49.9 Å². The molecule has 22 heavy (non-hydrogen) atoms. The molecule has 0 heterocycles. The topological polar surface area (TPSA) is 46.6 Å². The summed E-state index contributed by atoms with van der Waals surface area (Å²) in [6.45, 7) is 3.84. The van der Waals surface area contributed by atoms with Gasteiger partial charge in [0.25, 0.3) is 5.91 Å². The lowest BCUT2D eigenvalue weighted by molar-refractivity contribution is -0.134. The van der Waals surface area contributed by atoms with Crippen LogP contribution in [0.3, 0.4) is 0 Å². The van der Waals surface area contributed by atoms with Gasteiger partial charge in [0.1, 0.15) is 5.75 Å². The van der Waals surface area contributed by atoms with E-state index in [2.05, 4.69) is 6.92 Å². The van der Waals surface area contributed by atoms with E-state index in [4.69, 9.17) is 4.74 Å². The van der Waals surface area contributed by atoms with Crippen LogP contribution in [0.2, 0.25) is 0 Å². The van der Waals surface area contributed by atoms with Crippen LogP contribution in [0.4, 0.5) is 0 Å². The summed E-state index contributed by atoms with van der Waals surface area (Å²) in [7, 11) is 1.87. The molecule has 0 unspecified atom stereocenters. The maximum Gasteiger partial charge on any atom is 0.260 e. The molecule has 1 aliphatic rings. The molecule has 2 rings (SSSR count). The Balaban J connectivity index is 1.82. The molecule has 120 valence electrons. The molecule has 4 heteroatoms. The van der Waals surface area contributed by atoms with Gasteiger partial charge in [0.05, 0.1) is 0 Å². The lowest BCUT2D eigenvalue weighted by Crippen LogP contribution is -2.41. The van der Waals surface area contributed by atoms with E-state index in [0.717, 1.165) is 18.8 Å². The van der Waals surface area contributed by atoms with Gasteiger partial charge in [0, 0.05) is 18.7 Å². The number of hydrogen-bond donors (Lipinski definition) is 0. The maximum absolute atomic E-state index is 12.2. The van der Waals surface area contributed by atoms with Gasteiger partial charge < -0.3 is 9.64 Å². The van der Waals surface area contributed by atoms with Crippen molar-refractivity contribution in [1.82, 2.24) is 4.90 Å². The van der Waals surface area contributed by atoms with Gasteiger partial charge in [0.15, 0.2) is 12.4 Å². The highest BCUT2D eigenvalue weighted by molar-refractivity contribution is 5.94. The summed E-state index contributed by atoms with van der Waals surface area (Å²) in [5.74, 6) is 1.42. The van der Waals surface area contributed by atoms with Crippen molar-refractivity contribution >= 4 is 11.7 Å². The third kappa shape index (κ3) is 4.33. The second kappa shape index (κ2) is 7.43. The Kier molecular flexibility index (Phi) is 5.58. The van der Waals surface area contributed by atoms with Crippen LogP contribution in [0, 0.1) is 5.92 Å². The van der Waals surface area contributed by atoms with Crippen LogP contribution in [0.5, 0.6) is 5.75 Å². The van der Waals surface area contributed by atoms with Crippen molar-refractivity contribution < 1.29 is 14.3 Å². The molecule has 0 saturated heterocycles. The molecular weight excluding hydrogens is 278 g/mol. The lowest BCUT2D eigenvalue weighted by atomic mass is 9.87. The van der Waals surface area contributed by atoms with E-state index in [1.165, 1.54) is 19.8 Å². The Morgan fingerprint density at radius 2 is 1.73 bits per heavy atom. The number of carbonyl (C=O) groups is 2. The Morgan fingerprint density at radius 3 is 2.27 bits per heavy atom. The summed E-state index contributed by atoms with van der Waals surface area (Å²) in [6, 6.07) is 7.23. The van der Waals surface area contributed by atoms with E-state index >= 15 is 0 Å². The van der Waals surface area contributed by atoms with Gasteiger partial charge in [-0.2, -0.15) is 0 Å². The number of rotatable bonds is 5.